The lowest BCUT2D eigenvalue weighted by atomic mass is 9.82. The van der Waals surface area contributed by atoms with Crippen molar-refractivity contribution in [3.05, 3.63) is 35.4 Å². The molecule has 8 heteroatoms. The Morgan fingerprint density at radius 2 is 2.00 bits per heavy atom. The minimum absolute atomic E-state index is 0.0257. The molecule has 0 aromatic heterocycles. The summed E-state index contributed by atoms with van der Waals surface area (Å²) in [6, 6.07) is 3.78. The van der Waals surface area contributed by atoms with Gasteiger partial charge in [-0.3, -0.25) is 0 Å². The van der Waals surface area contributed by atoms with Crippen LogP contribution in [-0.2, 0) is 9.47 Å². The lowest BCUT2D eigenvalue weighted by Crippen LogP contribution is -2.58. The summed E-state index contributed by atoms with van der Waals surface area (Å²) in [5.74, 6) is 0.117. The number of nitrogens with zero attached hydrogens (tertiary/aromatic N) is 1. The third-order valence-corrected chi connectivity index (χ3v) is 6.71. The van der Waals surface area contributed by atoms with Crippen molar-refractivity contribution in [2.24, 2.45) is 0 Å². The summed E-state index contributed by atoms with van der Waals surface area (Å²) >= 11 is 1.72. The van der Waals surface area contributed by atoms with E-state index in [-0.39, 0.29) is 36.0 Å². The lowest BCUT2D eigenvalue weighted by molar-refractivity contribution is -0.0263. The van der Waals surface area contributed by atoms with Gasteiger partial charge in [-0.15, -0.1) is 11.8 Å². The number of ether oxygens (including phenoxy) is 2. The number of likely N-dealkylation sites (tertiary alicyclic amines) is 1. The van der Waals surface area contributed by atoms with Crippen LogP contribution in [0.2, 0.25) is 0 Å². The van der Waals surface area contributed by atoms with Gasteiger partial charge >= 0.3 is 6.09 Å². The molecule has 1 heterocycles. The highest BCUT2D eigenvalue weighted by Crippen LogP contribution is 2.36. The molecule has 1 saturated heterocycles. The second-order valence-electron chi connectivity index (χ2n) is 8.09. The van der Waals surface area contributed by atoms with Crippen molar-refractivity contribution in [3.63, 3.8) is 0 Å². The number of carbonyl (C=O) groups is 1. The minimum Gasteiger partial charge on any atom is -0.453 e. The standard InChI is InChI=1S/C22H32F2N2O3S/c1-28-22(27)26-11-3-4-20(25-14-30-2)21(26)13-29-17-8-5-15(6-9-17)18-12-16(23)7-10-19(18)24/h7,10,12,15,17,20-21,25H,3-6,8-9,11,13-14H2,1-2H3/t15-,17+,20-,21-/m0/s1. The van der Waals surface area contributed by atoms with Crippen LogP contribution in [0.1, 0.15) is 50.0 Å². The van der Waals surface area contributed by atoms with Crippen LogP contribution in [0.3, 0.4) is 0 Å². The highest BCUT2D eigenvalue weighted by Gasteiger charge is 2.36. The van der Waals surface area contributed by atoms with E-state index in [2.05, 4.69) is 5.32 Å². The van der Waals surface area contributed by atoms with Crippen LogP contribution in [0.5, 0.6) is 0 Å². The van der Waals surface area contributed by atoms with Gasteiger partial charge in [0.2, 0.25) is 0 Å². The quantitative estimate of drug-likeness (QED) is 0.630. The fourth-order valence-electron chi connectivity index (χ4n) is 4.64. The van der Waals surface area contributed by atoms with Crippen molar-refractivity contribution in [1.82, 2.24) is 10.2 Å². The van der Waals surface area contributed by atoms with Gasteiger partial charge in [-0.2, -0.15) is 0 Å². The monoisotopic (exact) mass is 442 g/mol. The van der Waals surface area contributed by atoms with Gasteiger partial charge in [0.25, 0.3) is 0 Å². The zero-order valence-electron chi connectivity index (χ0n) is 17.7. The number of halogens is 2. The van der Waals surface area contributed by atoms with Crippen molar-refractivity contribution in [2.75, 3.05) is 32.4 Å². The van der Waals surface area contributed by atoms with E-state index in [9.17, 15) is 13.6 Å². The molecule has 2 atom stereocenters. The zero-order chi connectivity index (χ0) is 21.5. The van der Waals surface area contributed by atoms with E-state index >= 15 is 0 Å². The summed E-state index contributed by atoms with van der Waals surface area (Å²) in [6.45, 7) is 1.12. The Morgan fingerprint density at radius 3 is 2.70 bits per heavy atom. The van der Waals surface area contributed by atoms with E-state index < -0.39 is 5.82 Å². The van der Waals surface area contributed by atoms with E-state index in [1.165, 1.54) is 19.2 Å². The maximum Gasteiger partial charge on any atom is 0.409 e. The third-order valence-electron chi connectivity index (χ3n) is 6.25. The second kappa shape index (κ2) is 11.3. The van der Waals surface area contributed by atoms with Gasteiger partial charge in [-0.1, -0.05) is 0 Å². The zero-order valence-corrected chi connectivity index (χ0v) is 18.6. The number of amides is 1. The topological polar surface area (TPSA) is 50.8 Å². The summed E-state index contributed by atoms with van der Waals surface area (Å²) in [6.07, 6.45) is 6.86. The Balaban J connectivity index is 1.56. The van der Waals surface area contributed by atoms with Crippen LogP contribution in [0.15, 0.2) is 18.2 Å². The molecule has 1 N–H and O–H groups in total. The van der Waals surface area contributed by atoms with Gasteiger partial charge in [-0.25, -0.2) is 13.6 Å². The Kier molecular flexibility index (Phi) is 8.77. The molecule has 1 saturated carbocycles. The van der Waals surface area contributed by atoms with E-state index in [1.807, 2.05) is 6.26 Å². The smallest absolute Gasteiger partial charge is 0.409 e. The molecule has 1 amide bonds. The fourth-order valence-corrected chi connectivity index (χ4v) is 5.02. The van der Waals surface area contributed by atoms with Crippen LogP contribution in [0.25, 0.3) is 0 Å². The van der Waals surface area contributed by atoms with Crippen LogP contribution in [0, 0.1) is 11.6 Å². The molecular formula is C22H32F2N2O3S. The molecule has 0 bridgehead atoms. The van der Waals surface area contributed by atoms with Crippen molar-refractivity contribution in [1.29, 1.82) is 0 Å². The normalized spacial score (nSPS) is 27.1. The molecule has 0 spiro atoms. The van der Waals surface area contributed by atoms with Gasteiger partial charge in [0.15, 0.2) is 0 Å². The molecule has 3 rings (SSSR count). The molecule has 2 fully saturated rings. The van der Waals surface area contributed by atoms with Crippen LogP contribution in [0.4, 0.5) is 13.6 Å². The number of hydrogen-bond acceptors (Lipinski definition) is 5. The Bertz CT molecular complexity index is 701. The van der Waals surface area contributed by atoms with Gasteiger partial charge < -0.3 is 19.7 Å². The van der Waals surface area contributed by atoms with E-state index in [1.54, 1.807) is 16.7 Å². The third kappa shape index (κ3) is 5.86. The molecule has 30 heavy (non-hydrogen) atoms. The summed E-state index contributed by atoms with van der Waals surface area (Å²) in [4.78, 5) is 14.0. The fraction of sp³-hybridized carbons (Fsp3) is 0.682. The first-order valence-electron chi connectivity index (χ1n) is 10.7. The Labute approximate surface area is 181 Å². The summed E-state index contributed by atoms with van der Waals surface area (Å²) in [5, 5.41) is 3.51. The lowest BCUT2D eigenvalue weighted by Gasteiger charge is -2.41. The number of rotatable bonds is 7. The Morgan fingerprint density at radius 1 is 1.23 bits per heavy atom. The average Bonchev–Trinajstić information content (AvgIpc) is 2.77. The van der Waals surface area contributed by atoms with E-state index in [0.717, 1.165) is 50.5 Å². The molecule has 0 unspecified atom stereocenters. The molecule has 2 aliphatic rings. The molecule has 1 aliphatic heterocycles. The predicted molar refractivity (Wildman–Crippen MR) is 115 cm³/mol. The SMILES string of the molecule is COC(=O)N1CCC[C@H](NCSC)[C@@H]1CO[C@H]1CC[C@@H](c2cc(F)ccc2F)CC1. The number of methoxy groups -OCH3 is 1. The second-order valence-corrected chi connectivity index (χ2v) is 8.96. The number of piperidine rings is 1. The molecule has 168 valence electrons. The summed E-state index contributed by atoms with van der Waals surface area (Å²) < 4.78 is 38.8. The summed E-state index contributed by atoms with van der Waals surface area (Å²) in [7, 11) is 1.41. The number of nitrogens with one attached hydrogen (secondary N) is 1. The van der Waals surface area contributed by atoms with Crippen LogP contribution < -0.4 is 5.32 Å². The highest BCUT2D eigenvalue weighted by atomic mass is 32.2. The predicted octanol–water partition coefficient (Wildman–Crippen LogP) is 4.52. The van der Waals surface area contributed by atoms with Crippen LogP contribution in [-0.4, -0.2) is 61.6 Å². The molecular weight excluding hydrogens is 410 g/mol. The van der Waals surface area contributed by atoms with Crippen LogP contribution >= 0.6 is 11.8 Å². The van der Waals surface area contributed by atoms with Crippen molar-refractivity contribution >= 4 is 17.9 Å². The number of hydrogen-bond donors (Lipinski definition) is 1. The maximum absolute atomic E-state index is 14.1. The highest BCUT2D eigenvalue weighted by molar-refractivity contribution is 7.98. The Hall–Kier alpha value is -1.38. The van der Waals surface area contributed by atoms with Gasteiger partial charge in [0.05, 0.1) is 25.9 Å². The number of carbonyl (C=O) groups excluding carboxylic acids is 1. The first kappa shape index (κ1) is 23.3. The van der Waals surface area contributed by atoms with Crippen molar-refractivity contribution in [2.45, 2.75) is 62.6 Å². The minimum atomic E-state index is -0.395. The van der Waals surface area contributed by atoms with Gasteiger partial charge in [0, 0.05) is 18.5 Å². The molecule has 1 aromatic rings. The summed E-state index contributed by atoms with van der Waals surface area (Å²) in [5.41, 5.74) is 0.471. The molecule has 1 aromatic carbocycles. The molecule has 5 nitrogen and oxygen atoms in total. The number of thioether (sulfide) groups is 1. The maximum atomic E-state index is 14.1. The molecule has 0 radical (unpaired) electrons. The van der Waals surface area contributed by atoms with Gasteiger partial charge in [-0.05, 0) is 74.5 Å². The first-order valence-corrected chi connectivity index (χ1v) is 12.1. The largest absolute Gasteiger partial charge is 0.453 e. The number of benzene rings is 1. The first-order chi connectivity index (χ1) is 14.5. The van der Waals surface area contributed by atoms with Crippen molar-refractivity contribution < 1.29 is 23.0 Å². The van der Waals surface area contributed by atoms with Crippen molar-refractivity contribution in [3.8, 4) is 0 Å². The molecule has 1 aliphatic carbocycles. The van der Waals surface area contributed by atoms with E-state index in [4.69, 9.17) is 9.47 Å². The van der Waals surface area contributed by atoms with E-state index in [0.29, 0.717) is 18.7 Å². The van der Waals surface area contributed by atoms with Gasteiger partial charge in [0.1, 0.15) is 11.6 Å². The average molecular weight is 443 g/mol.